The lowest BCUT2D eigenvalue weighted by Gasteiger charge is -2.07. The van der Waals surface area contributed by atoms with E-state index in [1.54, 1.807) is 43.3 Å². The van der Waals surface area contributed by atoms with Gasteiger partial charge in [-0.05, 0) is 30.3 Å². The molecule has 0 radical (unpaired) electrons. The molecule has 3 aromatic rings. The Hall–Kier alpha value is -3.27. The van der Waals surface area contributed by atoms with Gasteiger partial charge in [0.15, 0.2) is 0 Å². The summed E-state index contributed by atoms with van der Waals surface area (Å²) in [4.78, 5) is 28.7. The Morgan fingerprint density at radius 2 is 1.68 bits per heavy atom. The van der Waals surface area contributed by atoms with Crippen LogP contribution in [0.2, 0.25) is 0 Å². The molecule has 1 amide bonds. The van der Waals surface area contributed by atoms with Gasteiger partial charge in [-0.1, -0.05) is 55.5 Å². The van der Waals surface area contributed by atoms with Crippen molar-refractivity contribution in [2.75, 3.05) is 5.32 Å². The molecule has 1 atom stereocenters. The third-order valence-corrected chi connectivity index (χ3v) is 3.84. The Morgan fingerprint density at radius 3 is 2.48 bits per heavy atom. The van der Waals surface area contributed by atoms with Crippen LogP contribution in [-0.2, 0) is 9.59 Å². The molecule has 0 aliphatic carbocycles. The van der Waals surface area contributed by atoms with Crippen LogP contribution in [0.25, 0.3) is 17.0 Å². The van der Waals surface area contributed by atoms with E-state index in [2.05, 4.69) is 10.3 Å². The normalized spacial score (nSPS) is 12.2. The summed E-state index contributed by atoms with van der Waals surface area (Å²) in [6.07, 6.45) is 3.47. The van der Waals surface area contributed by atoms with Gasteiger partial charge in [0.05, 0.1) is 11.2 Å². The van der Waals surface area contributed by atoms with Crippen molar-refractivity contribution < 1.29 is 9.59 Å². The van der Waals surface area contributed by atoms with Gasteiger partial charge < -0.3 is 5.32 Å². The van der Waals surface area contributed by atoms with Gasteiger partial charge in [0, 0.05) is 17.0 Å². The molecule has 124 valence electrons. The van der Waals surface area contributed by atoms with E-state index in [9.17, 15) is 9.59 Å². The first-order valence-electron chi connectivity index (χ1n) is 8.08. The Morgan fingerprint density at radius 1 is 0.960 bits per heavy atom. The zero-order valence-electron chi connectivity index (χ0n) is 13.8. The molecule has 1 aromatic heterocycles. The third-order valence-electron chi connectivity index (χ3n) is 3.84. The van der Waals surface area contributed by atoms with E-state index in [1.165, 1.54) is 0 Å². The number of hydrogen-bond donors (Lipinski definition) is 1. The van der Waals surface area contributed by atoms with Crippen LogP contribution in [0, 0.1) is 5.92 Å². The molecule has 0 saturated heterocycles. The number of allylic oxidation sites excluding steroid dienone is 1. The monoisotopic (exact) mass is 330 g/mol. The number of pyridine rings is 1. The first-order chi connectivity index (χ1) is 12.1. The molecule has 0 aliphatic rings. The second kappa shape index (κ2) is 7.53. The molecule has 1 heterocycles. The lowest BCUT2D eigenvalue weighted by Crippen LogP contribution is -2.27. The lowest BCUT2D eigenvalue weighted by molar-refractivity contribution is -0.136. The molecule has 2 aromatic carbocycles. The SMILES string of the molecule is CC(/C=C/c1ccc2ccccc2n1)C(=O)C(=O)Nc1ccccc1. The molecule has 3 rings (SSSR count). The first-order valence-corrected chi connectivity index (χ1v) is 8.08. The van der Waals surface area contributed by atoms with Crippen LogP contribution < -0.4 is 5.32 Å². The van der Waals surface area contributed by atoms with Crippen LogP contribution in [0.15, 0.2) is 72.8 Å². The number of amides is 1. The van der Waals surface area contributed by atoms with E-state index < -0.39 is 17.6 Å². The van der Waals surface area contributed by atoms with Gasteiger partial charge in [0.2, 0.25) is 5.78 Å². The summed E-state index contributed by atoms with van der Waals surface area (Å²) in [6, 6.07) is 20.6. The number of benzene rings is 2. The van der Waals surface area contributed by atoms with Crippen LogP contribution in [-0.4, -0.2) is 16.7 Å². The summed E-state index contributed by atoms with van der Waals surface area (Å²) in [5.74, 6) is -1.63. The number of nitrogens with zero attached hydrogens (tertiary/aromatic N) is 1. The average Bonchev–Trinajstić information content (AvgIpc) is 2.66. The van der Waals surface area contributed by atoms with Crippen LogP contribution in [0.1, 0.15) is 12.6 Å². The smallest absolute Gasteiger partial charge is 0.292 e. The van der Waals surface area contributed by atoms with Crippen molar-refractivity contribution in [3.63, 3.8) is 0 Å². The molecular formula is C21H18N2O2. The van der Waals surface area contributed by atoms with Gasteiger partial charge in [-0.3, -0.25) is 9.59 Å². The Bertz CT molecular complexity index is 933. The second-order valence-electron chi connectivity index (χ2n) is 5.76. The summed E-state index contributed by atoms with van der Waals surface area (Å²) in [6.45, 7) is 1.70. The molecule has 0 spiro atoms. The molecule has 0 bridgehead atoms. The maximum atomic E-state index is 12.2. The third kappa shape index (κ3) is 4.18. The molecule has 0 fully saturated rings. The van der Waals surface area contributed by atoms with Crippen molar-refractivity contribution in [3.05, 3.63) is 78.5 Å². The minimum absolute atomic E-state index is 0.485. The van der Waals surface area contributed by atoms with Gasteiger partial charge >= 0.3 is 0 Å². The number of fused-ring (bicyclic) bond motifs is 1. The van der Waals surface area contributed by atoms with E-state index in [0.717, 1.165) is 16.6 Å². The topological polar surface area (TPSA) is 59.1 Å². The number of hydrogen-bond acceptors (Lipinski definition) is 3. The number of Topliss-reactive ketones (excluding diaryl/α,β-unsaturated/α-hetero) is 1. The number of aromatic nitrogens is 1. The zero-order valence-corrected chi connectivity index (χ0v) is 13.8. The molecule has 4 nitrogen and oxygen atoms in total. The standard InChI is InChI=1S/C21H18N2O2/c1-15(20(24)21(25)23-17-8-3-2-4-9-17)11-13-18-14-12-16-7-5-6-10-19(16)22-18/h2-15H,1H3,(H,23,25)/b13-11+. The second-order valence-corrected chi connectivity index (χ2v) is 5.76. The first kappa shape index (κ1) is 16.6. The van der Waals surface area contributed by atoms with Crippen LogP contribution in [0.5, 0.6) is 0 Å². The minimum atomic E-state index is -0.616. The largest absolute Gasteiger partial charge is 0.319 e. The highest BCUT2D eigenvalue weighted by Crippen LogP contribution is 2.14. The van der Waals surface area contributed by atoms with Crippen LogP contribution >= 0.6 is 0 Å². The van der Waals surface area contributed by atoms with Crippen molar-refractivity contribution in [2.45, 2.75) is 6.92 Å². The highest BCUT2D eigenvalue weighted by Gasteiger charge is 2.19. The van der Waals surface area contributed by atoms with Crippen molar-refractivity contribution in [1.29, 1.82) is 0 Å². The Balaban J connectivity index is 1.67. The van der Waals surface area contributed by atoms with E-state index in [-0.39, 0.29) is 0 Å². The summed E-state index contributed by atoms with van der Waals surface area (Å²) in [5, 5.41) is 3.67. The number of anilines is 1. The molecule has 1 unspecified atom stereocenters. The molecule has 25 heavy (non-hydrogen) atoms. The highest BCUT2D eigenvalue weighted by molar-refractivity contribution is 6.41. The van der Waals surface area contributed by atoms with Gasteiger partial charge in [-0.25, -0.2) is 4.98 Å². The highest BCUT2D eigenvalue weighted by atomic mass is 16.2. The molecule has 4 heteroatoms. The van der Waals surface area contributed by atoms with E-state index in [4.69, 9.17) is 0 Å². The predicted molar refractivity (Wildman–Crippen MR) is 100 cm³/mol. The molecule has 0 aliphatic heterocycles. The van der Waals surface area contributed by atoms with Gasteiger partial charge in [0.25, 0.3) is 5.91 Å². The number of carbonyl (C=O) groups is 2. The predicted octanol–water partition coefficient (Wildman–Crippen LogP) is 4.09. The zero-order chi connectivity index (χ0) is 17.6. The van der Waals surface area contributed by atoms with Crippen LogP contribution in [0.3, 0.4) is 0 Å². The lowest BCUT2D eigenvalue weighted by atomic mass is 10.0. The van der Waals surface area contributed by atoms with Crippen molar-refractivity contribution >= 4 is 34.4 Å². The number of nitrogens with one attached hydrogen (secondary N) is 1. The number of rotatable bonds is 5. The number of carbonyl (C=O) groups excluding carboxylic acids is 2. The van der Waals surface area contributed by atoms with Crippen LogP contribution in [0.4, 0.5) is 5.69 Å². The quantitative estimate of drug-likeness (QED) is 0.717. The van der Waals surface area contributed by atoms with E-state index >= 15 is 0 Å². The molecular weight excluding hydrogens is 312 g/mol. The summed E-state index contributed by atoms with van der Waals surface area (Å²) < 4.78 is 0. The van der Waals surface area contributed by atoms with E-state index in [1.807, 2.05) is 42.5 Å². The summed E-state index contributed by atoms with van der Waals surface area (Å²) in [5.41, 5.74) is 2.25. The maximum Gasteiger partial charge on any atom is 0.292 e. The number of para-hydroxylation sites is 2. The number of ketones is 1. The fourth-order valence-electron chi connectivity index (χ4n) is 2.43. The fourth-order valence-corrected chi connectivity index (χ4v) is 2.43. The van der Waals surface area contributed by atoms with Crippen molar-refractivity contribution in [1.82, 2.24) is 4.98 Å². The minimum Gasteiger partial charge on any atom is -0.319 e. The fraction of sp³-hybridized carbons (Fsp3) is 0.0952. The Labute approximate surface area is 146 Å². The van der Waals surface area contributed by atoms with E-state index in [0.29, 0.717) is 5.69 Å². The van der Waals surface area contributed by atoms with Crippen molar-refractivity contribution in [2.24, 2.45) is 5.92 Å². The van der Waals surface area contributed by atoms with Gasteiger partial charge in [-0.15, -0.1) is 0 Å². The summed E-state index contributed by atoms with van der Waals surface area (Å²) >= 11 is 0. The maximum absolute atomic E-state index is 12.2. The average molecular weight is 330 g/mol. The van der Waals surface area contributed by atoms with Crippen molar-refractivity contribution in [3.8, 4) is 0 Å². The molecule has 0 saturated carbocycles. The molecule has 1 N–H and O–H groups in total. The summed E-state index contributed by atoms with van der Waals surface area (Å²) in [7, 11) is 0. The van der Waals surface area contributed by atoms with Gasteiger partial charge in [-0.2, -0.15) is 0 Å². The Kier molecular flexibility index (Phi) is 5.00. The van der Waals surface area contributed by atoms with Gasteiger partial charge in [0.1, 0.15) is 0 Å².